The van der Waals surface area contributed by atoms with Crippen LogP contribution in [0.4, 0.5) is 4.39 Å². The van der Waals surface area contributed by atoms with Crippen molar-refractivity contribution in [2.75, 3.05) is 6.61 Å². The fourth-order valence-electron chi connectivity index (χ4n) is 3.58. The summed E-state index contributed by atoms with van der Waals surface area (Å²) in [4.78, 5) is 33.6. The SMILES string of the molecule is CC1(C)OCCn2c1nc(C(=O)NCc1ccc(F)cc1-c1cccnc1)c(O)c2=O. The summed E-state index contributed by atoms with van der Waals surface area (Å²) in [6.07, 6.45) is 3.21. The van der Waals surface area contributed by atoms with Crippen molar-refractivity contribution in [1.29, 1.82) is 0 Å². The average molecular weight is 424 g/mol. The van der Waals surface area contributed by atoms with Crippen molar-refractivity contribution >= 4 is 5.91 Å². The number of nitrogens with one attached hydrogen (secondary N) is 1. The number of aromatic hydroxyl groups is 1. The molecule has 0 aliphatic carbocycles. The van der Waals surface area contributed by atoms with E-state index in [0.29, 0.717) is 23.3 Å². The Balaban J connectivity index is 1.64. The summed E-state index contributed by atoms with van der Waals surface area (Å²) in [6, 6.07) is 7.73. The molecule has 4 rings (SSSR count). The monoisotopic (exact) mass is 424 g/mol. The second-order valence-corrected chi connectivity index (χ2v) is 7.67. The highest BCUT2D eigenvalue weighted by Gasteiger charge is 2.34. The number of benzene rings is 1. The molecule has 1 aliphatic heterocycles. The van der Waals surface area contributed by atoms with E-state index in [0.717, 1.165) is 0 Å². The van der Waals surface area contributed by atoms with Gasteiger partial charge in [0.25, 0.3) is 11.5 Å². The van der Waals surface area contributed by atoms with Gasteiger partial charge in [-0.25, -0.2) is 9.37 Å². The topological polar surface area (TPSA) is 106 Å². The molecule has 2 N–H and O–H groups in total. The summed E-state index contributed by atoms with van der Waals surface area (Å²) in [6.45, 7) is 4.05. The molecule has 160 valence electrons. The van der Waals surface area contributed by atoms with Crippen molar-refractivity contribution in [2.45, 2.75) is 32.5 Å². The van der Waals surface area contributed by atoms with Crippen LogP contribution >= 0.6 is 0 Å². The van der Waals surface area contributed by atoms with Gasteiger partial charge in [-0.3, -0.25) is 19.1 Å². The van der Waals surface area contributed by atoms with Crippen molar-refractivity contribution in [1.82, 2.24) is 19.9 Å². The first-order valence-corrected chi connectivity index (χ1v) is 9.73. The van der Waals surface area contributed by atoms with E-state index in [1.807, 2.05) is 0 Å². The molecule has 0 bridgehead atoms. The van der Waals surface area contributed by atoms with Crippen LogP contribution in [0.2, 0.25) is 0 Å². The van der Waals surface area contributed by atoms with Gasteiger partial charge in [-0.2, -0.15) is 0 Å². The van der Waals surface area contributed by atoms with Gasteiger partial charge in [0.05, 0.1) is 13.2 Å². The molecule has 0 fully saturated rings. The van der Waals surface area contributed by atoms with Gasteiger partial charge in [0.15, 0.2) is 5.69 Å². The fraction of sp³-hybridized carbons (Fsp3) is 0.273. The standard InChI is InChI=1S/C22H21FN4O4/c1-22(2)21-26-17(18(28)20(30)27(21)8-9-31-22)19(29)25-12-14-5-6-15(23)10-16(14)13-4-3-7-24-11-13/h3-7,10-11,28H,8-9,12H2,1-2H3,(H,25,29). The molecule has 0 saturated carbocycles. The smallest absolute Gasteiger partial charge is 0.296 e. The van der Waals surface area contributed by atoms with E-state index in [1.54, 1.807) is 44.4 Å². The average Bonchev–Trinajstić information content (AvgIpc) is 2.75. The first-order valence-electron chi connectivity index (χ1n) is 9.73. The molecule has 0 radical (unpaired) electrons. The van der Waals surface area contributed by atoms with Crippen LogP contribution in [0.15, 0.2) is 47.5 Å². The van der Waals surface area contributed by atoms with Gasteiger partial charge < -0.3 is 15.2 Å². The van der Waals surface area contributed by atoms with Crippen molar-refractivity contribution in [3.63, 3.8) is 0 Å². The highest BCUT2D eigenvalue weighted by atomic mass is 19.1. The number of carbonyl (C=O) groups is 1. The van der Waals surface area contributed by atoms with E-state index in [9.17, 15) is 19.1 Å². The number of pyridine rings is 1. The van der Waals surface area contributed by atoms with Crippen LogP contribution in [-0.4, -0.2) is 32.2 Å². The molecule has 9 heteroatoms. The molecule has 3 aromatic rings. The van der Waals surface area contributed by atoms with Crippen molar-refractivity contribution < 1.29 is 19.0 Å². The summed E-state index contributed by atoms with van der Waals surface area (Å²) < 4.78 is 20.8. The van der Waals surface area contributed by atoms with Gasteiger partial charge in [-0.15, -0.1) is 0 Å². The molecule has 0 saturated heterocycles. The number of aromatic nitrogens is 3. The van der Waals surface area contributed by atoms with Crippen molar-refractivity contribution in [3.8, 4) is 16.9 Å². The minimum atomic E-state index is -0.884. The van der Waals surface area contributed by atoms with Crippen LogP contribution < -0.4 is 10.9 Å². The Morgan fingerprint density at radius 2 is 2.16 bits per heavy atom. The zero-order valence-electron chi connectivity index (χ0n) is 17.1. The first-order chi connectivity index (χ1) is 14.8. The van der Waals surface area contributed by atoms with Crippen LogP contribution in [0.5, 0.6) is 5.75 Å². The third-order valence-corrected chi connectivity index (χ3v) is 5.16. The molecular weight excluding hydrogens is 403 g/mol. The fourth-order valence-corrected chi connectivity index (χ4v) is 3.58. The predicted octanol–water partition coefficient (Wildman–Crippen LogP) is 2.35. The number of halogens is 1. The normalized spacial score (nSPS) is 14.7. The predicted molar refractivity (Wildman–Crippen MR) is 110 cm³/mol. The third kappa shape index (κ3) is 3.91. The maximum absolute atomic E-state index is 13.8. The van der Waals surface area contributed by atoms with Crippen LogP contribution in [0.1, 0.15) is 35.7 Å². The summed E-state index contributed by atoms with van der Waals surface area (Å²) in [7, 11) is 0. The Morgan fingerprint density at radius 3 is 2.90 bits per heavy atom. The highest BCUT2D eigenvalue weighted by Crippen LogP contribution is 2.28. The number of hydrogen-bond acceptors (Lipinski definition) is 6. The number of amides is 1. The Kier molecular flexibility index (Phi) is 5.28. The maximum atomic E-state index is 13.8. The van der Waals surface area contributed by atoms with Crippen LogP contribution in [0, 0.1) is 5.82 Å². The zero-order chi connectivity index (χ0) is 22.2. The number of ether oxygens (including phenoxy) is 1. The second-order valence-electron chi connectivity index (χ2n) is 7.67. The molecule has 8 nitrogen and oxygen atoms in total. The van der Waals surface area contributed by atoms with Crippen LogP contribution in [0.25, 0.3) is 11.1 Å². The van der Waals surface area contributed by atoms with E-state index in [1.165, 1.54) is 16.7 Å². The van der Waals surface area contributed by atoms with Gasteiger partial charge in [-0.1, -0.05) is 12.1 Å². The second kappa shape index (κ2) is 7.92. The number of carbonyl (C=O) groups excluding carboxylic acids is 1. The molecule has 0 atom stereocenters. The van der Waals surface area contributed by atoms with Crippen molar-refractivity contribution in [2.24, 2.45) is 0 Å². The lowest BCUT2D eigenvalue weighted by atomic mass is 10.0. The van der Waals surface area contributed by atoms with Gasteiger partial charge in [0, 0.05) is 24.5 Å². The highest BCUT2D eigenvalue weighted by molar-refractivity contribution is 5.94. The Bertz CT molecular complexity index is 1210. The summed E-state index contributed by atoms with van der Waals surface area (Å²) >= 11 is 0. The quantitative estimate of drug-likeness (QED) is 0.666. The van der Waals surface area contributed by atoms with E-state index in [2.05, 4.69) is 15.3 Å². The number of hydrogen-bond donors (Lipinski definition) is 2. The molecule has 31 heavy (non-hydrogen) atoms. The number of rotatable bonds is 4. The number of fused-ring (bicyclic) bond motifs is 1. The van der Waals surface area contributed by atoms with Gasteiger partial charge >= 0.3 is 0 Å². The largest absolute Gasteiger partial charge is 0.501 e. The number of nitrogens with zero attached hydrogens (tertiary/aromatic N) is 3. The van der Waals surface area contributed by atoms with E-state index < -0.39 is 28.6 Å². The Hall–Kier alpha value is -3.59. The molecule has 1 amide bonds. The van der Waals surface area contributed by atoms with Gasteiger partial charge in [0.2, 0.25) is 5.75 Å². The molecule has 0 spiro atoms. The molecule has 3 heterocycles. The van der Waals surface area contributed by atoms with Gasteiger partial charge in [-0.05, 0) is 43.2 Å². The molecule has 2 aromatic heterocycles. The van der Waals surface area contributed by atoms with E-state index in [4.69, 9.17) is 4.74 Å². The van der Waals surface area contributed by atoms with E-state index >= 15 is 0 Å². The minimum Gasteiger partial charge on any atom is -0.501 e. The third-order valence-electron chi connectivity index (χ3n) is 5.16. The van der Waals surface area contributed by atoms with Crippen LogP contribution in [-0.2, 0) is 23.4 Å². The molecule has 0 unspecified atom stereocenters. The summed E-state index contributed by atoms with van der Waals surface area (Å²) in [5, 5.41) is 13.0. The summed E-state index contributed by atoms with van der Waals surface area (Å²) in [5.41, 5.74) is -0.0431. The minimum absolute atomic E-state index is 0.0305. The lowest BCUT2D eigenvalue weighted by molar-refractivity contribution is -0.0566. The Morgan fingerprint density at radius 1 is 1.35 bits per heavy atom. The van der Waals surface area contributed by atoms with Crippen LogP contribution in [0.3, 0.4) is 0 Å². The first kappa shape index (κ1) is 20.7. The van der Waals surface area contributed by atoms with E-state index in [-0.39, 0.29) is 24.6 Å². The lowest BCUT2D eigenvalue weighted by Gasteiger charge is -2.32. The van der Waals surface area contributed by atoms with Crippen molar-refractivity contribution in [3.05, 3.63) is 76.0 Å². The lowest BCUT2D eigenvalue weighted by Crippen LogP contribution is -2.42. The Labute approximate surface area is 177 Å². The molecular formula is C22H21FN4O4. The maximum Gasteiger partial charge on any atom is 0.296 e. The zero-order valence-corrected chi connectivity index (χ0v) is 17.1. The summed E-state index contributed by atoms with van der Waals surface area (Å²) in [5.74, 6) is -1.59. The van der Waals surface area contributed by atoms with Gasteiger partial charge in [0.1, 0.15) is 17.2 Å². The molecule has 1 aromatic carbocycles. The molecule has 1 aliphatic rings.